The Labute approximate surface area is 109 Å². The van der Waals surface area contributed by atoms with Crippen molar-refractivity contribution >= 4 is 28.9 Å². The lowest BCUT2D eigenvalue weighted by Crippen LogP contribution is -2.51. The van der Waals surface area contributed by atoms with Gasteiger partial charge in [0, 0.05) is 13.5 Å². The van der Waals surface area contributed by atoms with E-state index in [1.165, 1.54) is 13.0 Å². The van der Waals surface area contributed by atoms with Gasteiger partial charge >= 0.3 is 12.1 Å². The molecule has 1 saturated heterocycles. The van der Waals surface area contributed by atoms with Crippen molar-refractivity contribution in [3.8, 4) is 0 Å². The summed E-state index contributed by atoms with van der Waals surface area (Å²) < 4.78 is 4.84. The minimum absolute atomic E-state index is 0.00969. The summed E-state index contributed by atoms with van der Waals surface area (Å²) in [5.74, 6) is -1.20. The predicted molar refractivity (Wildman–Crippen MR) is 66.1 cm³/mol. The van der Waals surface area contributed by atoms with E-state index in [4.69, 9.17) is 4.74 Å². The molecule has 1 aliphatic heterocycles. The van der Waals surface area contributed by atoms with E-state index in [2.05, 4.69) is 6.58 Å². The molecule has 1 fully saturated rings. The van der Waals surface area contributed by atoms with Crippen molar-refractivity contribution in [3.63, 3.8) is 0 Å². The molecule has 0 saturated carbocycles. The molecule has 0 aromatic carbocycles. The maximum absolute atomic E-state index is 11.8. The van der Waals surface area contributed by atoms with Crippen LogP contribution in [0.1, 0.15) is 19.8 Å². The molecule has 0 bridgehead atoms. The Morgan fingerprint density at radius 2 is 2.22 bits per heavy atom. The minimum Gasteiger partial charge on any atom is -0.479 e. The zero-order chi connectivity index (χ0) is 13.8. The van der Waals surface area contributed by atoms with Gasteiger partial charge in [0.15, 0.2) is 9.99 Å². The quantitative estimate of drug-likeness (QED) is 0.781. The molecule has 18 heavy (non-hydrogen) atoms. The lowest BCUT2D eigenvalue weighted by Gasteiger charge is -2.32. The van der Waals surface area contributed by atoms with Gasteiger partial charge in [-0.3, -0.25) is 9.69 Å². The van der Waals surface area contributed by atoms with Crippen LogP contribution in [0.3, 0.4) is 0 Å². The summed E-state index contributed by atoms with van der Waals surface area (Å²) >= 11 is 0.648. The van der Waals surface area contributed by atoms with Crippen LogP contribution in [0.5, 0.6) is 0 Å². The third-order valence-electron chi connectivity index (χ3n) is 2.53. The van der Waals surface area contributed by atoms with Crippen molar-refractivity contribution < 1.29 is 24.2 Å². The Morgan fingerprint density at radius 1 is 1.56 bits per heavy atom. The van der Waals surface area contributed by atoms with Gasteiger partial charge in [-0.2, -0.15) is 0 Å². The van der Waals surface area contributed by atoms with Gasteiger partial charge in [-0.1, -0.05) is 12.7 Å². The molecule has 7 heteroatoms. The fraction of sp³-hybridized carbons (Fsp3) is 0.545. The standard InChI is InChI=1S/C11H15NO5S/c1-3-7-17-10(16)12-6-4-5-11(12,9(14)15)18-8(2)13/h3H,1,4-7H2,2H3,(H,14,15). The topological polar surface area (TPSA) is 83.9 Å². The highest BCUT2D eigenvalue weighted by Crippen LogP contribution is 2.40. The highest BCUT2D eigenvalue weighted by atomic mass is 32.2. The number of carbonyl (C=O) groups is 3. The van der Waals surface area contributed by atoms with Crippen LogP contribution in [0.15, 0.2) is 12.7 Å². The van der Waals surface area contributed by atoms with Crippen LogP contribution >= 0.6 is 11.8 Å². The first kappa shape index (κ1) is 14.6. The number of amides is 1. The number of carbonyl (C=O) groups excluding carboxylic acids is 2. The summed E-state index contributed by atoms with van der Waals surface area (Å²) in [6.45, 7) is 4.96. The number of carboxylic acid groups (broad SMARTS) is 1. The van der Waals surface area contributed by atoms with Crippen molar-refractivity contribution in [1.82, 2.24) is 4.90 Å². The van der Waals surface area contributed by atoms with Gasteiger partial charge in [0.25, 0.3) is 0 Å². The zero-order valence-electron chi connectivity index (χ0n) is 10.0. The summed E-state index contributed by atoms with van der Waals surface area (Å²) in [4.78, 5) is 33.9. The van der Waals surface area contributed by atoms with Crippen molar-refractivity contribution in [3.05, 3.63) is 12.7 Å². The Balaban J connectivity index is 2.93. The minimum atomic E-state index is -1.54. The Hall–Kier alpha value is -1.50. The van der Waals surface area contributed by atoms with E-state index in [9.17, 15) is 19.5 Å². The summed E-state index contributed by atoms with van der Waals surface area (Å²) in [5, 5.41) is 8.97. The highest BCUT2D eigenvalue weighted by molar-refractivity contribution is 8.15. The Bertz CT molecular complexity index is 384. The van der Waals surface area contributed by atoms with Crippen molar-refractivity contribution in [1.29, 1.82) is 0 Å². The molecule has 1 unspecified atom stereocenters. The monoisotopic (exact) mass is 273 g/mol. The molecule has 100 valence electrons. The number of aliphatic carboxylic acids is 1. The molecule has 1 aliphatic rings. The molecular weight excluding hydrogens is 258 g/mol. The maximum Gasteiger partial charge on any atom is 0.411 e. The Kier molecular flexibility index (Phi) is 4.77. The Morgan fingerprint density at radius 3 is 2.72 bits per heavy atom. The van der Waals surface area contributed by atoms with Gasteiger partial charge in [0.05, 0.1) is 0 Å². The lowest BCUT2D eigenvalue weighted by molar-refractivity contribution is -0.143. The molecule has 1 heterocycles. The fourth-order valence-corrected chi connectivity index (χ4v) is 2.93. The van der Waals surface area contributed by atoms with Crippen LogP contribution in [0, 0.1) is 0 Å². The first-order valence-electron chi connectivity index (χ1n) is 5.42. The second-order valence-electron chi connectivity index (χ2n) is 3.80. The molecule has 1 rings (SSSR count). The van der Waals surface area contributed by atoms with E-state index in [0.717, 1.165) is 4.90 Å². The molecule has 1 amide bonds. The number of hydrogen-bond acceptors (Lipinski definition) is 5. The molecule has 1 N–H and O–H groups in total. The third kappa shape index (κ3) is 2.84. The molecule has 0 radical (unpaired) electrons. The number of likely N-dealkylation sites (tertiary alicyclic amines) is 1. The van der Waals surface area contributed by atoms with E-state index in [-0.39, 0.29) is 24.7 Å². The van der Waals surface area contributed by atoms with Gasteiger partial charge in [0.2, 0.25) is 0 Å². The van der Waals surface area contributed by atoms with E-state index >= 15 is 0 Å². The average Bonchev–Trinajstić information content (AvgIpc) is 2.70. The molecule has 0 aromatic rings. The maximum atomic E-state index is 11.8. The largest absolute Gasteiger partial charge is 0.479 e. The second-order valence-corrected chi connectivity index (χ2v) is 5.26. The van der Waals surface area contributed by atoms with Crippen LogP contribution in [0.4, 0.5) is 4.79 Å². The summed E-state index contributed by atoms with van der Waals surface area (Å²) in [7, 11) is 0. The van der Waals surface area contributed by atoms with Gasteiger partial charge in [-0.25, -0.2) is 9.59 Å². The number of nitrogens with zero attached hydrogens (tertiary/aromatic N) is 1. The van der Waals surface area contributed by atoms with Crippen molar-refractivity contribution in [2.75, 3.05) is 13.2 Å². The molecule has 1 atom stereocenters. The van der Waals surface area contributed by atoms with Gasteiger partial charge < -0.3 is 9.84 Å². The fourth-order valence-electron chi connectivity index (χ4n) is 1.85. The number of rotatable bonds is 4. The van der Waals surface area contributed by atoms with Crippen LogP contribution < -0.4 is 0 Å². The second kappa shape index (κ2) is 5.90. The van der Waals surface area contributed by atoms with E-state index in [0.29, 0.717) is 18.2 Å². The van der Waals surface area contributed by atoms with E-state index < -0.39 is 16.9 Å². The van der Waals surface area contributed by atoms with Crippen LogP contribution in [0.25, 0.3) is 0 Å². The number of hydrogen-bond donors (Lipinski definition) is 1. The first-order chi connectivity index (χ1) is 8.44. The highest BCUT2D eigenvalue weighted by Gasteiger charge is 2.52. The molecule has 0 aromatic heterocycles. The van der Waals surface area contributed by atoms with Gasteiger partial charge in [0.1, 0.15) is 6.61 Å². The molecule has 6 nitrogen and oxygen atoms in total. The lowest BCUT2D eigenvalue weighted by atomic mass is 10.2. The van der Waals surface area contributed by atoms with Gasteiger partial charge in [-0.15, -0.1) is 0 Å². The molecular formula is C11H15NO5S. The number of thioether (sulfide) groups is 1. The SMILES string of the molecule is C=CCOC(=O)N1CCCC1(SC(C)=O)C(=O)O. The van der Waals surface area contributed by atoms with Crippen LogP contribution in [0.2, 0.25) is 0 Å². The van der Waals surface area contributed by atoms with Crippen LogP contribution in [-0.2, 0) is 14.3 Å². The normalized spacial score (nSPS) is 22.6. The van der Waals surface area contributed by atoms with Gasteiger partial charge in [-0.05, 0) is 24.6 Å². The van der Waals surface area contributed by atoms with Crippen molar-refractivity contribution in [2.24, 2.45) is 0 Å². The zero-order valence-corrected chi connectivity index (χ0v) is 10.9. The predicted octanol–water partition coefficient (Wildman–Crippen LogP) is 1.47. The van der Waals surface area contributed by atoms with E-state index in [1.54, 1.807) is 0 Å². The van der Waals surface area contributed by atoms with Crippen molar-refractivity contribution in [2.45, 2.75) is 24.6 Å². The number of carboxylic acids is 1. The summed E-state index contributed by atoms with van der Waals surface area (Å²) in [6.07, 6.45) is 1.42. The molecule has 0 spiro atoms. The summed E-state index contributed by atoms with van der Waals surface area (Å²) in [5.41, 5.74) is 0. The third-order valence-corrected chi connectivity index (χ3v) is 3.75. The average molecular weight is 273 g/mol. The summed E-state index contributed by atoms with van der Waals surface area (Å²) in [6, 6.07) is 0. The smallest absolute Gasteiger partial charge is 0.411 e. The number of ether oxygens (including phenoxy) is 1. The first-order valence-corrected chi connectivity index (χ1v) is 6.24. The van der Waals surface area contributed by atoms with E-state index in [1.807, 2.05) is 0 Å². The van der Waals surface area contributed by atoms with Crippen LogP contribution in [-0.4, -0.2) is 45.2 Å². The molecule has 0 aliphatic carbocycles.